The lowest BCUT2D eigenvalue weighted by Crippen LogP contribution is -2.00. The van der Waals surface area contributed by atoms with Crippen LogP contribution < -0.4 is 4.74 Å². The average Bonchev–Trinajstić information content (AvgIpc) is 2.61. The number of phenols is 1. The fourth-order valence-corrected chi connectivity index (χ4v) is 3.09. The number of aromatic hydroxyl groups is 1. The van der Waals surface area contributed by atoms with Gasteiger partial charge in [-0.1, -0.05) is 84.0 Å². The molecule has 0 amide bonds. The van der Waals surface area contributed by atoms with Crippen LogP contribution in [0.1, 0.15) is 101 Å². The zero-order valence-electron chi connectivity index (χ0n) is 16.3. The van der Waals surface area contributed by atoms with Crippen LogP contribution >= 0.6 is 0 Å². The molecule has 4 nitrogen and oxygen atoms in total. The molecule has 1 aromatic carbocycles. The van der Waals surface area contributed by atoms with Gasteiger partial charge in [0.05, 0.1) is 6.61 Å². The summed E-state index contributed by atoms with van der Waals surface area (Å²) in [6, 6.07) is 4.33. The Morgan fingerprint density at radius 2 is 1.35 bits per heavy atom. The van der Waals surface area contributed by atoms with Crippen LogP contribution in [0.5, 0.6) is 11.5 Å². The Balaban J connectivity index is 1.92. The first-order chi connectivity index (χ1) is 12.6. The van der Waals surface area contributed by atoms with Gasteiger partial charge in [-0.2, -0.15) is 0 Å². The van der Waals surface area contributed by atoms with Crippen LogP contribution in [0.2, 0.25) is 0 Å². The predicted octanol–water partition coefficient (Wildman–Crippen LogP) is 6.56. The summed E-state index contributed by atoms with van der Waals surface area (Å²) in [6.45, 7) is 2.86. The van der Waals surface area contributed by atoms with Gasteiger partial charge < -0.3 is 14.9 Å². The third-order valence-electron chi connectivity index (χ3n) is 4.72. The van der Waals surface area contributed by atoms with Crippen molar-refractivity contribution < 1.29 is 19.7 Å². The number of benzene rings is 1. The van der Waals surface area contributed by atoms with Crippen LogP contribution in [0.15, 0.2) is 18.2 Å². The fraction of sp³-hybridized carbons (Fsp3) is 0.682. The van der Waals surface area contributed by atoms with E-state index in [9.17, 15) is 9.90 Å². The minimum absolute atomic E-state index is 0.0988. The number of carbonyl (C=O) groups is 1. The van der Waals surface area contributed by atoms with Crippen molar-refractivity contribution >= 4 is 5.97 Å². The van der Waals surface area contributed by atoms with E-state index in [2.05, 4.69) is 6.92 Å². The van der Waals surface area contributed by atoms with E-state index in [1.807, 2.05) is 0 Å². The minimum Gasteiger partial charge on any atom is -0.507 e. The number of ether oxygens (including phenoxy) is 1. The SMILES string of the molecule is CCCCCCCCCCCCCCCOc1ccc(C(=O)O)c(O)c1. The number of unbranched alkanes of at least 4 members (excludes halogenated alkanes) is 12. The second-order valence-corrected chi connectivity index (χ2v) is 7.08. The van der Waals surface area contributed by atoms with Gasteiger partial charge >= 0.3 is 5.97 Å². The number of rotatable bonds is 16. The maximum Gasteiger partial charge on any atom is 0.339 e. The van der Waals surface area contributed by atoms with Crippen molar-refractivity contribution in [1.82, 2.24) is 0 Å². The van der Waals surface area contributed by atoms with Gasteiger partial charge in [0, 0.05) is 6.07 Å². The van der Waals surface area contributed by atoms with Gasteiger partial charge in [0.25, 0.3) is 0 Å². The molecule has 0 heterocycles. The Kier molecular flexibility index (Phi) is 12.4. The van der Waals surface area contributed by atoms with E-state index in [1.54, 1.807) is 6.07 Å². The van der Waals surface area contributed by atoms with Crippen LogP contribution in [0.25, 0.3) is 0 Å². The van der Waals surface area contributed by atoms with Gasteiger partial charge in [0.15, 0.2) is 0 Å². The number of carboxylic acid groups (broad SMARTS) is 1. The summed E-state index contributed by atoms with van der Waals surface area (Å²) < 4.78 is 5.57. The summed E-state index contributed by atoms with van der Waals surface area (Å²) in [5, 5.41) is 18.5. The van der Waals surface area contributed by atoms with Gasteiger partial charge in [0.1, 0.15) is 17.1 Å². The maximum atomic E-state index is 10.8. The van der Waals surface area contributed by atoms with Crippen LogP contribution in [-0.2, 0) is 0 Å². The lowest BCUT2D eigenvalue weighted by molar-refractivity contribution is 0.0693. The molecule has 4 heteroatoms. The van der Waals surface area contributed by atoms with Gasteiger partial charge in [-0.3, -0.25) is 0 Å². The van der Waals surface area contributed by atoms with Crippen molar-refractivity contribution in [2.75, 3.05) is 6.61 Å². The van der Waals surface area contributed by atoms with Crippen LogP contribution in [0.3, 0.4) is 0 Å². The standard InChI is InChI=1S/C22H36O4/c1-2-3-4-5-6-7-8-9-10-11-12-13-14-17-26-19-15-16-20(22(24)25)21(23)18-19/h15-16,18,23H,2-14,17H2,1H3,(H,24,25). The van der Waals surface area contributed by atoms with Gasteiger partial charge in [0.2, 0.25) is 0 Å². The Bertz CT molecular complexity index is 499. The van der Waals surface area contributed by atoms with Crippen molar-refractivity contribution in [3.05, 3.63) is 23.8 Å². The topological polar surface area (TPSA) is 66.8 Å². The Morgan fingerprint density at radius 1 is 0.846 bits per heavy atom. The second-order valence-electron chi connectivity index (χ2n) is 7.08. The molecule has 148 valence electrons. The summed E-state index contributed by atoms with van der Waals surface area (Å²) in [4.78, 5) is 10.8. The summed E-state index contributed by atoms with van der Waals surface area (Å²) in [5.74, 6) is -0.864. The molecule has 0 fully saturated rings. The van der Waals surface area contributed by atoms with E-state index in [-0.39, 0.29) is 11.3 Å². The molecule has 2 N–H and O–H groups in total. The van der Waals surface area contributed by atoms with E-state index >= 15 is 0 Å². The van der Waals surface area contributed by atoms with E-state index in [0.29, 0.717) is 12.4 Å². The highest BCUT2D eigenvalue weighted by molar-refractivity contribution is 5.90. The molecule has 0 spiro atoms. The third kappa shape index (κ3) is 10.3. The first-order valence-electron chi connectivity index (χ1n) is 10.3. The molecule has 26 heavy (non-hydrogen) atoms. The lowest BCUT2D eigenvalue weighted by Gasteiger charge is -2.08. The highest BCUT2D eigenvalue weighted by atomic mass is 16.5. The molecule has 0 aliphatic carbocycles. The highest BCUT2D eigenvalue weighted by Gasteiger charge is 2.09. The van der Waals surface area contributed by atoms with E-state index in [0.717, 1.165) is 12.8 Å². The molecule has 0 aliphatic heterocycles. The molecule has 0 aliphatic rings. The van der Waals surface area contributed by atoms with Gasteiger partial charge in [-0.25, -0.2) is 4.79 Å². The molecule has 1 rings (SSSR count). The zero-order chi connectivity index (χ0) is 19.0. The monoisotopic (exact) mass is 364 g/mol. The van der Waals surface area contributed by atoms with Crippen molar-refractivity contribution in [3.8, 4) is 11.5 Å². The van der Waals surface area contributed by atoms with Gasteiger partial charge in [-0.05, 0) is 18.6 Å². The largest absolute Gasteiger partial charge is 0.507 e. The molecule has 0 unspecified atom stereocenters. The molecule has 0 saturated heterocycles. The van der Waals surface area contributed by atoms with Crippen molar-refractivity contribution in [2.45, 2.75) is 90.4 Å². The minimum atomic E-state index is -1.13. The number of carboxylic acids is 1. The maximum absolute atomic E-state index is 10.8. The average molecular weight is 365 g/mol. The van der Waals surface area contributed by atoms with Crippen LogP contribution in [0.4, 0.5) is 0 Å². The Labute approximate surface area is 158 Å². The lowest BCUT2D eigenvalue weighted by atomic mass is 10.0. The van der Waals surface area contributed by atoms with Crippen molar-refractivity contribution in [1.29, 1.82) is 0 Å². The predicted molar refractivity (Wildman–Crippen MR) is 106 cm³/mol. The second kappa shape index (κ2) is 14.5. The molecule has 0 atom stereocenters. The summed E-state index contributed by atoms with van der Waals surface area (Å²) in [5.41, 5.74) is -0.0988. The summed E-state index contributed by atoms with van der Waals surface area (Å²) >= 11 is 0. The van der Waals surface area contributed by atoms with E-state index in [1.165, 1.54) is 82.8 Å². The Morgan fingerprint density at radius 3 is 1.81 bits per heavy atom. The summed E-state index contributed by atoms with van der Waals surface area (Å²) in [6.07, 6.45) is 17.1. The number of hydrogen-bond donors (Lipinski definition) is 2. The number of aromatic carboxylic acids is 1. The molecule has 0 aromatic heterocycles. The number of hydrogen-bond acceptors (Lipinski definition) is 3. The van der Waals surface area contributed by atoms with Crippen LogP contribution in [0, 0.1) is 0 Å². The normalized spacial score (nSPS) is 10.8. The first kappa shape index (κ1) is 22.3. The molecule has 0 bridgehead atoms. The van der Waals surface area contributed by atoms with E-state index < -0.39 is 5.97 Å². The highest BCUT2D eigenvalue weighted by Crippen LogP contribution is 2.23. The molecular formula is C22H36O4. The van der Waals surface area contributed by atoms with Crippen molar-refractivity contribution in [3.63, 3.8) is 0 Å². The van der Waals surface area contributed by atoms with Crippen molar-refractivity contribution in [2.24, 2.45) is 0 Å². The van der Waals surface area contributed by atoms with Gasteiger partial charge in [-0.15, -0.1) is 0 Å². The summed E-state index contributed by atoms with van der Waals surface area (Å²) in [7, 11) is 0. The van der Waals surface area contributed by atoms with Crippen LogP contribution in [-0.4, -0.2) is 22.8 Å². The van der Waals surface area contributed by atoms with E-state index in [4.69, 9.17) is 9.84 Å². The first-order valence-corrected chi connectivity index (χ1v) is 10.3. The molecular weight excluding hydrogens is 328 g/mol. The third-order valence-corrected chi connectivity index (χ3v) is 4.72. The molecule has 0 radical (unpaired) electrons. The molecule has 0 saturated carbocycles. The molecule has 1 aromatic rings. The smallest absolute Gasteiger partial charge is 0.339 e. The quantitative estimate of drug-likeness (QED) is 0.326. The zero-order valence-corrected chi connectivity index (χ0v) is 16.3. The Hall–Kier alpha value is -1.71. The fourth-order valence-electron chi connectivity index (χ4n) is 3.09.